The molecule has 0 spiro atoms. The average molecular weight is 368 g/mol. The predicted octanol–water partition coefficient (Wildman–Crippen LogP) is 3.53. The highest BCUT2D eigenvalue weighted by atomic mass is 79.9. The molecular formula is C14H14BrN3O2S. The smallest absolute Gasteiger partial charge is 0.313 e. The fraction of sp³-hybridized carbons (Fsp3) is 0.357. The maximum atomic E-state index is 10.7. The number of aromatic nitrogens is 3. The van der Waals surface area contributed by atoms with Gasteiger partial charge in [0.25, 0.3) is 0 Å². The minimum atomic E-state index is -0.843. The van der Waals surface area contributed by atoms with Crippen LogP contribution in [0.25, 0.3) is 11.4 Å². The van der Waals surface area contributed by atoms with Crippen LogP contribution in [0.4, 0.5) is 0 Å². The van der Waals surface area contributed by atoms with Crippen molar-refractivity contribution in [1.29, 1.82) is 0 Å². The van der Waals surface area contributed by atoms with Crippen LogP contribution in [-0.2, 0) is 4.79 Å². The lowest BCUT2D eigenvalue weighted by Crippen LogP contribution is -2.03. The largest absolute Gasteiger partial charge is 0.481 e. The fourth-order valence-corrected chi connectivity index (χ4v) is 3.20. The van der Waals surface area contributed by atoms with Gasteiger partial charge in [-0.25, -0.2) is 0 Å². The Labute approximate surface area is 134 Å². The molecule has 1 aliphatic rings. The van der Waals surface area contributed by atoms with Crippen molar-refractivity contribution in [2.45, 2.75) is 31.0 Å². The molecule has 1 heterocycles. The van der Waals surface area contributed by atoms with E-state index in [0.717, 1.165) is 34.3 Å². The summed E-state index contributed by atoms with van der Waals surface area (Å²) in [6, 6.07) is 6.49. The van der Waals surface area contributed by atoms with E-state index in [1.807, 2.05) is 25.1 Å². The molecule has 1 fully saturated rings. The number of aryl methyl sites for hydroxylation is 1. The van der Waals surface area contributed by atoms with E-state index < -0.39 is 5.97 Å². The van der Waals surface area contributed by atoms with Gasteiger partial charge in [0.1, 0.15) is 0 Å². The molecule has 1 aliphatic carbocycles. The molecule has 2 aromatic rings. The summed E-state index contributed by atoms with van der Waals surface area (Å²) in [5.41, 5.74) is 2.16. The number of nitrogens with zero attached hydrogens (tertiary/aromatic N) is 3. The predicted molar refractivity (Wildman–Crippen MR) is 84.5 cm³/mol. The van der Waals surface area contributed by atoms with E-state index in [9.17, 15) is 4.79 Å². The van der Waals surface area contributed by atoms with Gasteiger partial charge in [-0.05, 0) is 31.4 Å². The molecule has 110 valence electrons. The Morgan fingerprint density at radius 3 is 2.86 bits per heavy atom. The van der Waals surface area contributed by atoms with E-state index in [-0.39, 0.29) is 5.75 Å². The average Bonchev–Trinajstić information content (AvgIpc) is 3.19. The second-order valence-electron chi connectivity index (χ2n) is 5.05. The van der Waals surface area contributed by atoms with E-state index in [0.29, 0.717) is 11.2 Å². The Hall–Kier alpha value is -1.34. The first-order valence-corrected chi connectivity index (χ1v) is 8.40. The number of hydrogen-bond donors (Lipinski definition) is 1. The molecule has 1 saturated carbocycles. The van der Waals surface area contributed by atoms with E-state index in [2.05, 4.69) is 30.7 Å². The van der Waals surface area contributed by atoms with Crippen molar-refractivity contribution < 1.29 is 9.90 Å². The topological polar surface area (TPSA) is 68.0 Å². The second kappa shape index (κ2) is 5.81. The van der Waals surface area contributed by atoms with Crippen LogP contribution in [0.15, 0.2) is 27.8 Å². The maximum Gasteiger partial charge on any atom is 0.313 e. The monoisotopic (exact) mass is 367 g/mol. The maximum absolute atomic E-state index is 10.7. The van der Waals surface area contributed by atoms with Crippen molar-refractivity contribution in [3.05, 3.63) is 28.2 Å². The number of rotatable bonds is 5. The zero-order valence-electron chi connectivity index (χ0n) is 11.4. The molecule has 1 aromatic heterocycles. The van der Waals surface area contributed by atoms with Gasteiger partial charge in [-0.2, -0.15) is 0 Å². The Kier molecular flexibility index (Phi) is 4.03. The highest BCUT2D eigenvalue weighted by Crippen LogP contribution is 2.41. The highest BCUT2D eigenvalue weighted by Gasteiger charge is 2.30. The number of carboxylic acids is 1. The molecule has 0 saturated heterocycles. The van der Waals surface area contributed by atoms with Crippen molar-refractivity contribution in [3.63, 3.8) is 0 Å². The van der Waals surface area contributed by atoms with Crippen LogP contribution in [0.1, 0.15) is 24.4 Å². The summed E-state index contributed by atoms with van der Waals surface area (Å²) >= 11 is 4.76. The van der Waals surface area contributed by atoms with Gasteiger partial charge >= 0.3 is 5.97 Å². The molecule has 3 rings (SSSR count). The van der Waals surface area contributed by atoms with Crippen LogP contribution < -0.4 is 0 Å². The molecule has 0 radical (unpaired) electrons. The number of carboxylic acid groups (broad SMARTS) is 1. The lowest BCUT2D eigenvalue weighted by molar-refractivity contribution is -0.133. The summed E-state index contributed by atoms with van der Waals surface area (Å²) in [4.78, 5) is 10.7. The van der Waals surface area contributed by atoms with Crippen molar-refractivity contribution in [3.8, 4) is 11.4 Å². The quantitative estimate of drug-likeness (QED) is 0.818. The van der Waals surface area contributed by atoms with Crippen molar-refractivity contribution in [2.24, 2.45) is 0 Å². The Morgan fingerprint density at radius 2 is 2.24 bits per heavy atom. The van der Waals surface area contributed by atoms with Crippen LogP contribution in [0.3, 0.4) is 0 Å². The van der Waals surface area contributed by atoms with Crippen LogP contribution >= 0.6 is 27.7 Å². The molecule has 1 aromatic carbocycles. The SMILES string of the molecule is Cc1ccc(-c2nnc(SCC(=O)O)n2C2CC2)cc1Br. The first kappa shape index (κ1) is 14.6. The summed E-state index contributed by atoms with van der Waals surface area (Å²) in [7, 11) is 0. The molecule has 1 N–H and O–H groups in total. The third-order valence-corrected chi connectivity index (χ3v) is 5.11. The zero-order chi connectivity index (χ0) is 15.0. The van der Waals surface area contributed by atoms with Crippen LogP contribution in [0.5, 0.6) is 0 Å². The second-order valence-corrected chi connectivity index (χ2v) is 6.85. The normalized spacial score (nSPS) is 14.4. The summed E-state index contributed by atoms with van der Waals surface area (Å²) < 4.78 is 3.11. The molecule has 0 aliphatic heterocycles. The van der Waals surface area contributed by atoms with Gasteiger partial charge in [0.05, 0.1) is 5.75 Å². The Bertz CT molecular complexity index is 698. The summed E-state index contributed by atoms with van der Waals surface area (Å²) in [6.07, 6.45) is 2.19. The van der Waals surface area contributed by atoms with Gasteiger partial charge in [-0.3, -0.25) is 9.36 Å². The molecular weight excluding hydrogens is 354 g/mol. The molecule has 7 heteroatoms. The summed E-state index contributed by atoms with van der Waals surface area (Å²) in [5, 5.41) is 18.0. The minimum Gasteiger partial charge on any atom is -0.481 e. The summed E-state index contributed by atoms with van der Waals surface area (Å²) in [5.74, 6) is -0.0290. The number of benzene rings is 1. The molecule has 0 bridgehead atoms. The van der Waals surface area contributed by atoms with Crippen LogP contribution in [0, 0.1) is 6.92 Å². The van der Waals surface area contributed by atoms with Gasteiger partial charge in [-0.15, -0.1) is 10.2 Å². The molecule has 5 nitrogen and oxygen atoms in total. The minimum absolute atomic E-state index is 0.00243. The lowest BCUT2D eigenvalue weighted by atomic mass is 10.1. The third kappa shape index (κ3) is 3.13. The van der Waals surface area contributed by atoms with Crippen molar-refractivity contribution in [1.82, 2.24) is 14.8 Å². The summed E-state index contributed by atoms with van der Waals surface area (Å²) in [6.45, 7) is 2.04. The Morgan fingerprint density at radius 1 is 1.48 bits per heavy atom. The molecule has 0 amide bonds. The number of hydrogen-bond acceptors (Lipinski definition) is 4. The van der Waals surface area contributed by atoms with Crippen LogP contribution in [0.2, 0.25) is 0 Å². The van der Waals surface area contributed by atoms with Gasteiger partial charge in [0.2, 0.25) is 0 Å². The van der Waals surface area contributed by atoms with E-state index >= 15 is 0 Å². The van der Waals surface area contributed by atoms with E-state index in [4.69, 9.17) is 5.11 Å². The number of halogens is 1. The van der Waals surface area contributed by atoms with Gasteiger partial charge in [0, 0.05) is 16.1 Å². The highest BCUT2D eigenvalue weighted by molar-refractivity contribution is 9.10. The molecule has 0 unspecified atom stereocenters. The third-order valence-electron chi connectivity index (χ3n) is 3.33. The number of thioether (sulfide) groups is 1. The first-order chi connectivity index (χ1) is 10.1. The van der Waals surface area contributed by atoms with Crippen molar-refractivity contribution >= 4 is 33.7 Å². The van der Waals surface area contributed by atoms with Crippen LogP contribution in [-0.4, -0.2) is 31.6 Å². The zero-order valence-corrected chi connectivity index (χ0v) is 13.8. The lowest BCUT2D eigenvalue weighted by Gasteiger charge is -2.09. The van der Waals surface area contributed by atoms with E-state index in [1.54, 1.807) is 0 Å². The van der Waals surface area contributed by atoms with Crippen molar-refractivity contribution in [2.75, 3.05) is 5.75 Å². The molecule has 21 heavy (non-hydrogen) atoms. The van der Waals surface area contributed by atoms with Gasteiger partial charge in [0.15, 0.2) is 11.0 Å². The standard InChI is InChI=1S/C14H14BrN3O2S/c1-8-2-3-9(6-11(8)15)13-16-17-14(21-7-12(19)20)18(13)10-4-5-10/h2-3,6,10H,4-5,7H2,1H3,(H,19,20). The van der Waals surface area contributed by atoms with E-state index in [1.165, 1.54) is 11.8 Å². The first-order valence-electron chi connectivity index (χ1n) is 6.62. The number of carbonyl (C=O) groups is 1. The molecule has 0 atom stereocenters. The van der Waals surface area contributed by atoms with Gasteiger partial charge in [-0.1, -0.05) is 39.8 Å². The number of aliphatic carboxylic acids is 1. The fourth-order valence-electron chi connectivity index (χ4n) is 2.09. The van der Waals surface area contributed by atoms with Gasteiger partial charge < -0.3 is 5.11 Å². The Balaban J connectivity index is 1.98.